The van der Waals surface area contributed by atoms with Crippen LogP contribution in [0.25, 0.3) is 0 Å². The van der Waals surface area contributed by atoms with Crippen molar-refractivity contribution >= 4 is 17.7 Å². The maximum atomic E-state index is 12.0. The summed E-state index contributed by atoms with van der Waals surface area (Å²) in [5.74, 6) is -1.33. The molecule has 10 heteroatoms. The van der Waals surface area contributed by atoms with Crippen LogP contribution in [0.4, 0.5) is 5.82 Å². The number of carboxylic acids is 1. The van der Waals surface area contributed by atoms with Crippen LogP contribution < -0.4 is 10.1 Å². The van der Waals surface area contributed by atoms with Gasteiger partial charge in [0.1, 0.15) is 12.3 Å². The summed E-state index contributed by atoms with van der Waals surface area (Å²) in [6, 6.07) is 7.54. The molecule has 1 aromatic carbocycles. The third-order valence-corrected chi connectivity index (χ3v) is 3.24. The molecule has 0 saturated heterocycles. The second kappa shape index (κ2) is 7.90. The minimum absolute atomic E-state index is 0.141. The molecule has 25 heavy (non-hydrogen) atoms. The predicted octanol–water partition coefficient (Wildman–Crippen LogP) is 1.13. The van der Waals surface area contributed by atoms with E-state index in [2.05, 4.69) is 10.4 Å². The largest absolute Gasteiger partial charge is 0.482 e. The number of nitro groups is 1. The molecule has 1 atom stereocenters. The van der Waals surface area contributed by atoms with Crippen molar-refractivity contribution in [2.24, 2.45) is 0 Å². The molecular formula is C15H16N4O6. The third kappa shape index (κ3) is 5.30. The maximum absolute atomic E-state index is 12.0. The van der Waals surface area contributed by atoms with Crippen molar-refractivity contribution in [2.45, 2.75) is 19.5 Å². The molecule has 0 aliphatic carbocycles. The molecule has 1 aromatic heterocycles. The molecule has 2 aromatic rings. The van der Waals surface area contributed by atoms with Crippen molar-refractivity contribution in [3.8, 4) is 5.75 Å². The van der Waals surface area contributed by atoms with E-state index in [1.807, 2.05) is 0 Å². The van der Waals surface area contributed by atoms with Crippen molar-refractivity contribution in [1.82, 2.24) is 15.1 Å². The molecule has 132 valence electrons. The van der Waals surface area contributed by atoms with E-state index in [9.17, 15) is 19.7 Å². The van der Waals surface area contributed by atoms with Gasteiger partial charge in [0.05, 0.1) is 23.4 Å². The average Bonchev–Trinajstić information content (AvgIpc) is 3.02. The Balaban J connectivity index is 1.89. The van der Waals surface area contributed by atoms with E-state index in [1.54, 1.807) is 31.2 Å². The number of carbonyl (C=O) groups is 2. The number of carbonyl (C=O) groups excluding carboxylic acids is 1. The molecule has 0 fully saturated rings. The van der Waals surface area contributed by atoms with Crippen molar-refractivity contribution in [3.63, 3.8) is 0 Å². The van der Waals surface area contributed by atoms with Crippen molar-refractivity contribution in [3.05, 3.63) is 52.2 Å². The van der Waals surface area contributed by atoms with E-state index >= 15 is 0 Å². The molecule has 0 aliphatic rings. The molecule has 0 spiro atoms. The van der Waals surface area contributed by atoms with Crippen molar-refractivity contribution in [2.75, 3.05) is 6.61 Å². The van der Waals surface area contributed by atoms with Gasteiger partial charge in [0.15, 0.2) is 6.61 Å². The minimum atomic E-state index is -1.07. The molecule has 0 aliphatic heterocycles. The summed E-state index contributed by atoms with van der Waals surface area (Å²) in [5, 5.41) is 25.5. The van der Waals surface area contributed by atoms with Crippen molar-refractivity contribution < 1.29 is 24.4 Å². The topological polar surface area (TPSA) is 137 Å². The summed E-state index contributed by atoms with van der Waals surface area (Å²) in [6.45, 7) is 1.20. The van der Waals surface area contributed by atoms with E-state index in [1.165, 1.54) is 16.9 Å². The molecule has 2 rings (SSSR count). The SMILES string of the molecule is CC(NC(=O)Cn1ccc([N+](=O)[O-])n1)c1ccc(OCC(=O)O)cc1. The fourth-order valence-electron chi connectivity index (χ4n) is 2.05. The van der Waals surface area contributed by atoms with Gasteiger partial charge in [-0.15, -0.1) is 0 Å². The van der Waals surface area contributed by atoms with E-state index in [0.717, 1.165) is 5.56 Å². The number of nitrogens with one attached hydrogen (secondary N) is 1. The first-order valence-corrected chi connectivity index (χ1v) is 7.27. The van der Waals surface area contributed by atoms with E-state index in [-0.39, 0.29) is 24.3 Å². The third-order valence-electron chi connectivity index (χ3n) is 3.24. The van der Waals surface area contributed by atoms with Gasteiger partial charge in [0, 0.05) is 0 Å². The molecule has 10 nitrogen and oxygen atoms in total. The lowest BCUT2D eigenvalue weighted by Gasteiger charge is -2.14. The van der Waals surface area contributed by atoms with Gasteiger partial charge >= 0.3 is 11.8 Å². The van der Waals surface area contributed by atoms with Gasteiger partial charge in [-0.25, -0.2) is 4.79 Å². The maximum Gasteiger partial charge on any atom is 0.389 e. The van der Waals surface area contributed by atoms with Crippen LogP contribution in [0.1, 0.15) is 18.5 Å². The van der Waals surface area contributed by atoms with Crippen LogP contribution in [0.15, 0.2) is 36.5 Å². The Morgan fingerprint density at radius 2 is 2.04 bits per heavy atom. The number of rotatable bonds is 8. The molecule has 1 amide bonds. The van der Waals surface area contributed by atoms with Crippen LogP contribution in [0.3, 0.4) is 0 Å². The molecule has 0 bridgehead atoms. The predicted molar refractivity (Wildman–Crippen MR) is 85.0 cm³/mol. The molecule has 1 unspecified atom stereocenters. The number of benzene rings is 1. The molecule has 0 saturated carbocycles. The zero-order valence-electron chi connectivity index (χ0n) is 13.3. The van der Waals surface area contributed by atoms with Gasteiger partial charge in [-0.3, -0.25) is 4.79 Å². The Hall–Kier alpha value is -3.43. The van der Waals surface area contributed by atoms with Gasteiger partial charge < -0.3 is 25.3 Å². The molecule has 0 radical (unpaired) electrons. The van der Waals surface area contributed by atoms with Crippen LogP contribution in [0.2, 0.25) is 0 Å². The summed E-state index contributed by atoms with van der Waals surface area (Å²) >= 11 is 0. The first kappa shape index (κ1) is 17.9. The van der Waals surface area contributed by atoms with Gasteiger partial charge in [0.2, 0.25) is 5.91 Å². The number of aromatic nitrogens is 2. The number of aliphatic carboxylic acids is 1. The standard InChI is InChI=1S/C15H16N4O6/c1-10(11-2-4-12(5-3-11)25-9-15(21)22)16-14(20)8-18-7-6-13(17-18)19(23)24/h2-7,10H,8-9H2,1H3,(H,16,20)(H,21,22). The van der Waals surface area contributed by atoms with E-state index in [4.69, 9.17) is 9.84 Å². The number of carboxylic acid groups (broad SMARTS) is 1. The van der Waals surface area contributed by atoms with E-state index in [0.29, 0.717) is 5.75 Å². The Kier molecular flexibility index (Phi) is 5.66. The molecular weight excluding hydrogens is 332 g/mol. The van der Waals surface area contributed by atoms with Crippen LogP contribution >= 0.6 is 0 Å². The summed E-state index contributed by atoms with van der Waals surface area (Å²) < 4.78 is 6.21. The zero-order chi connectivity index (χ0) is 18.4. The smallest absolute Gasteiger partial charge is 0.389 e. The highest BCUT2D eigenvalue weighted by Gasteiger charge is 2.15. The quantitative estimate of drug-likeness (QED) is 0.539. The highest BCUT2D eigenvalue weighted by atomic mass is 16.6. The number of amides is 1. The van der Waals surface area contributed by atoms with E-state index < -0.39 is 17.5 Å². The lowest BCUT2D eigenvalue weighted by molar-refractivity contribution is -0.389. The zero-order valence-corrected chi connectivity index (χ0v) is 13.3. The van der Waals surface area contributed by atoms with Crippen molar-refractivity contribution in [1.29, 1.82) is 0 Å². The number of hydrogen-bond acceptors (Lipinski definition) is 6. The van der Waals surface area contributed by atoms with Gasteiger partial charge in [0.25, 0.3) is 0 Å². The lowest BCUT2D eigenvalue weighted by atomic mass is 10.1. The monoisotopic (exact) mass is 348 g/mol. The second-order valence-electron chi connectivity index (χ2n) is 5.17. The Labute approximate surface area is 142 Å². The van der Waals surface area contributed by atoms with Gasteiger partial charge in [-0.2, -0.15) is 4.68 Å². The Morgan fingerprint density at radius 3 is 2.60 bits per heavy atom. The van der Waals surface area contributed by atoms with Crippen LogP contribution in [-0.4, -0.2) is 38.3 Å². The number of hydrogen-bond donors (Lipinski definition) is 2. The first-order chi connectivity index (χ1) is 11.8. The van der Waals surface area contributed by atoms with Gasteiger partial charge in [-0.1, -0.05) is 12.1 Å². The second-order valence-corrected chi connectivity index (χ2v) is 5.17. The van der Waals surface area contributed by atoms with Crippen LogP contribution in [0, 0.1) is 10.1 Å². The summed E-state index contributed by atoms with van der Waals surface area (Å²) in [7, 11) is 0. The summed E-state index contributed by atoms with van der Waals surface area (Å²) in [5.41, 5.74) is 0.794. The fraction of sp³-hybridized carbons (Fsp3) is 0.267. The number of nitrogens with zero attached hydrogens (tertiary/aromatic N) is 3. The lowest BCUT2D eigenvalue weighted by Crippen LogP contribution is -2.30. The Bertz CT molecular complexity index is 771. The Morgan fingerprint density at radius 1 is 1.36 bits per heavy atom. The summed E-state index contributed by atoms with van der Waals surface area (Å²) in [4.78, 5) is 32.4. The fourth-order valence-corrected chi connectivity index (χ4v) is 2.05. The minimum Gasteiger partial charge on any atom is -0.482 e. The number of ether oxygens (including phenoxy) is 1. The summed E-state index contributed by atoms with van der Waals surface area (Å²) in [6.07, 6.45) is 1.36. The van der Waals surface area contributed by atoms with Crippen LogP contribution in [0.5, 0.6) is 5.75 Å². The normalized spacial score (nSPS) is 11.6. The highest BCUT2D eigenvalue weighted by Crippen LogP contribution is 2.17. The highest BCUT2D eigenvalue weighted by molar-refractivity contribution is 5.76. The molecule has 2 N–H and O–H groups in total. The van der Waals surface area contributed by atoms with Crippen LogP contribution in [-0.2, 0) is 16.1 Å². The molecule has 1 heterocycles. The average molecular weight is 348 g/mol. The van der Waals surface area contributed by atoms with Gasteiger partial charge in [-0.05, 0) is 29.5 Å². The first-order valence-electron chi connectivity index (χ1n) is 7.27.